The molecule has 4 aliphatic rings. The maximum atomic E-state index is 13.6. The van der Waals surface area contributed by atoms with E-state index in [1.165, 1.54) is 0 Å². The summed E-state index contributed by atoms with van der Waals surface area (Å²) in [6.07, 6.45) is 8.01. The molecule has 0 amide bonds. The van der Waals surface area contributed by atoms with Gasteiger partial charge in [0, 0.05) is 17.8 Å². The van der Waals surface area contributed by atoms with E-state index in [-0.39, 0.29) is 39.1 Å². The van der Waals surface area contributed by atoms with Crippen molar-refractivity contribution in [1.29, 1.82) is 5.26 Å². The van der Waals surface area contributed by atoms with Crippen LogP contribution in [-0.4, -0.2) is 33.5 Å². The minimum absolute atomic E-state index is 0.00671. The molecule has 0 N–H and O–H groups in total. The summed E-state index contributed by atoms with van der Waals surface area (Å²) in [4.78, 5) is 26.5. The van der Waals surface area contributed by atoms with Crippen LogP contribution in [0.2, 0.25) is 0 Å². The smallest absolute Gasteiger partial charge is 0.240 e. The Bertz CT molecular complexity index is 1380. The van der Waals surface area contributed by atoms with Crippen LogP contribution in [0, 0.1) is 57.2 Å². The number of nitriles is 1. The molecule has 1 aromatic heterocycles. The van der Waals surface area contributed by atoms with Gasteiger partial charge in [-0.05, 0) is 86.0 Å². The Balaban J connectivity index is 1.55. The SMILES string of the molecule is CC(=O)/C=C1/[C@@]2(C)[C@H]3O[C@@]3(C#N)C(=O)C(C)(C)[C@@H]2CC[C@@]1(C)C(C)(C)CC[C@@]1(c2nnc(C)o2)CCC(C)(C)CC1C. The summed E-state index contributed by atoms with van der Waals surface area (Å²) in [5, 5.41) is 19.0. The molecule has 7 atom stereocenters. The Labute approximate surface area is 252 Å². The van der Waals surface area contributed by atoms with Gasteiger partial charge in [-0.2, -0.15) is 5.26 Å². The summed E-state index contributed by atoms with van der Waals surface area (Å²) < 4.78 is 12.3. The third-order valence-corrected chi connectivity index (χ3v) is 13.0. The molecule has 2 heterocycles. The molecule has 1 saturated heterocycles. The Morgan fingerprint density at radius 1 is 1.12 bits per heavy atom. The quantitative estimate of drug-likeness (QED) is 0.255. The zero-order valence-electron chi connectivity index (χ0n) is 27.7. The van der Waals surface area contributed by atoms with E-state index in [9.17, 15) is 14.9 Å². The molecule has 3 saturated carbocycles. The average Bonchev–Trinajstić information content (AvgIpc) is 3.50. The molecule has 0 bridgehead atoms. The molecule has 1 unspecified atom stereocenters. The largest absolute Gasteiger partial charge is 0.425 e. The molecule has 7 heteroatoms. The highest BCUT2D eigenvalue weighted by atomic mass is 16.6. The van der Waals surface area contributed by atoms with Gasteiger partial charge in [0.1, 0.15) is 12.2 Å². The highest BCUT2D eigenvalue weighted by molar-refractivity contribution is 6.00. The van der Waals surface area contributed by atoms with Gasteiger partial charge in [-0.3, -0.25) is 9.59 Å². The van der Waals surface area contributed by atoms with Crippen molar-refractivity contribution in [1.82, 2.24) is 10.2 Å². The third-order valence-electron chi connectivity index (χ3n) is 13.0. The fraction of sp³-hybridized carbons (Fsp3) is 0.800. The van der Waals surface area contributed by atoms with E-state index >= 15 is 0 Å². The van der Waals surface area contributed by atoms with E-state index in [2.05, 4.69) is 64.7 Å². The van der Waals surface area contributed by atoms with Gasteiger partial charge in [0.2, 0.25) is 17.4 Å². The number of hydrogen-bond donors (Lipinski definition) is 0. The predicted molar refractivity (Wildman–Crippen MR) is 160 cm³/mol. The van der Waals surface area contributed by atoms with Crippen LogP contribution < -0.4 is 0 Å². The van der Waals surface area contributed by atoms with Crippen LogP contribution >= 0.6 is 0 Å². The molecule has 3 aliphatic carbocycles. The first-order valence-corrected chi connectivity index (χ1v) is 15.9. The maximum Gasteiger partial charge on any atom is 0.240 e. The number of nitrogens with zero attached hydrogens (tertiary/aromatic N) is 3. The van der Waals surface area contributed by atoms with Gasteiger partial charge in [0.25, 0.3) is 0 Å². The average molecular weight is 578 g/mol. The first kappa shape index (κ1) is 31.1. The Kier molecular flexibility index (Phi) is 6.91. The first-order valence-electron chi connectivity index (χ1n) is 15.9. The minimum atomic E-state index is -1.42. The zero-order valence-corrected chi connectivity index (χ0v) is 27.7. The molecule has 0 radical (unpaired) electrons. The molecule has 42 heavy (non-hydrogen) atoms. The number of hydrogen-bond acceptors (Lipinski definition) is 7. The monoisotopic (exact) mass is 577 g/mol. The van der Waals surface area contributed by atoms with Crippen LogP contribution in [0.25, 0.3) is 0 Å². The lowest BCUT2D eigenvalue weighted by Gasteiger charge is -2.62. The van der Waals surface area contributed by atoms with Crippen LogP contribution in [0.5, 0.6) is 0 Å². The summed E-state index contributed by atoms with van der Waals surface area (Å²) in [7, 11) is 0. The van der Waals surface area contributed by atoms with Crippen LogP contribution in [0.1, 0.15) is 126 Å². The van der Waals surface area contributed by atoms with Crippen molar-refractivity contribution in [2.75, 3.05) is 0 Å². The molecular formula is C35H51N3O4. The van der Waals surface area contributed by atoms with Gasteiger partial charge in [-0.25, -0.2) is 0 Å². The molecule has 4 fully saturated rings. The molecule has 0 aromatic carbocycles. The number of carbonyl (C=O) groups excluding carboxylic acids is 2. The number of rotatable bonds is 6. The van der Waals surface area contributed by atoms with Crippen LogP contribution in [-0.2, 0) is 19.7 Å². The molecule has 7 nitrogen and oxygen atoms in total. The number of Topliss-reactive ketones (excluding diaryl/α,β-unsaturated/α-hetero) is 1. The van der Waals surface area contributed by atoms with Crippen LogP contribution in [0.3, 0.4) is 0 Å². The second-order valence-corrected chi connectivity index (χ2v) is 16.7. The number of ketones is 2. The van der Waals surface area contributed by atoms with E-state index in [4.69, 9.17) is 9.15 Å². The lowest BCUT2D eigenvalue weighted by atomic mass is 9.40. The standard InChI is InChI=1S/C35H51N3O4/c1-21-19-29(4,5)14-16-34(21,28-38-37-23(3)41-28)17-15-30(6,7)32(10)13-12-24-31(8,9)26(40)35(20-36)27(42-35)33(24,11)25(32)18-22(2)39/h18,21,24,27H,12-17,19H2,1-11H3/b25-18+/t21?,24-,27+,32+,33-,34-,35-/m0/s1. The van der Waals surface area contributed by atoms with E-state index in [0.29, 0.717) is 11.8 Å². The number of epoxide rings is 1. The van der Waals surface area contributed by atoms with E-state index in [1.807, 2.05) is 26.8 Å². The van der Waals surface area contributed by atoms with Crippen molar-refractivity contribution in [3.8, 4) is 6.07 Å². The first-order chi connectivity index (χ1) is 19.2. The summed E-state index contributed by atoms with van der Waals surface area (Å²) in [6, 6.07) is 2.26. The van der Waals surface area contributed by atoms with Crippen molar-refractivity contribution in [2.24, 2.45) is 38.9 Å². The Morgan fingerprint density at radius 2 is 1.79 bits per heavy atom. The highest BCUT2D eigenvalue weighted by Gasteiger charge is 2.81. The number of aryl methyl sites for hydroxylation is 1. The Morgan fingerprint density at radius 3 is 2.33 bits per heavy atom. The summed E-state index contributed by atoms with van der Waals surface area (Å²) >= 11 is 0. The van der Waals surface area contributed by atoms with Gasteiger partial charge in [-0.1, -0.05) is 67.9 Å². The summed E-state index contributed by atoms with van der Waals surface area (Å²) in [5.74, 6) is 1.61. The van der Waals surface area contributed by atoms with Gasteiger partial charge in [0.05, 0.1) is 5.41 Å². The number of aromatic nitrogens is 2. The van der Waals surface area contributed by atoms with E-state index in [0.717, 1.165) is 56.4 Å². The molecular weight excluding hydrogens is 526 g/mol. The van der Waals surface area contributed by atoms with Crippen LogP contribution in [0.15, 0.2) is 16.1 Å². The minimum Gasteiger partial charge on any atom is -0.425 e. The van der Waals surface area contributed by atoms with Crippen molar-refractivity contribution >= 4 is 11.6 Å². The van der Waals surface area contributed by atoms with E-state index < -0.39 is 22.5 Å². The number of allylic oxidation sites excluding steroid dienone is 1. The van der Waals surface area contributed by atoms with Crippen molar-refractivity contribution in [3.05, 3.63) is 23.4 Å². The predicted octanol–water partition coefficient (Wildman–Crippen LogP) is 7.48. The van der Waals surface area contributed by atoms with Crippen molar-refractivity contribution in [3.63, 3.8) is 0 Å². The third kappa shape index (κ3) is 4.14. The van der Waals surface area contributed by atoms with E-state index in [1.54, 1.807) is 6.92 Å². The molecule has 1 aliphatic heterocycles. The van der Waals surface area contributed by atoms with Gasteiger partial charge < -0.3 is 9.15 Å². The molecule has 1 aromatic rings. The van der Waals surface area contributed by atoms with Gasteiger partial charge in [-0.15, -0.1) is 10.2 Å². The Hall–Kier alpha value is -2.33. The number of fused-ring (bicyclic) bond motifs is 3. The zero-order chi connectivity index (χ0) is 31.3. The normalized spacial score (nSPS) is 41.5. The lowest BCUT2D eigenvalue weighted by Crippen LogP contribution is -2.62. The number of ether oxygens (including phenoxy) is 1. The lowest BCUT2D eigenvalue weighted by molar-refractivity contribution is -0.142. The fourth-order valence-corrected chi connectivity index (χ4v) is 9.99. The second-order valence-electron chi connectivity index (χ2n) is 16.7. The summed E-state index contributed by atoms with van der Waals surface area (Å²) in [5.41, 5.74) is -2.21. The van der Waals surface area contributed by atoms with Crippen molar-refractivity contribution in [2.45, 2.75) is 138 Å². The molecule has 230 valence electrons. The molecule has 0 spiro atoms. The topological polar surface area (TPSA) is 109 Å². The van der Waals surface area contributed by atoms with Crippen molar-refractivity contribution < 1.29 is 18.7 Å². The van der Waals surface area contributed by atoms with Crippen LogP contribution in [0.4, 0.5) is 0 Å². The van der Waals surface area contributed by atoms with Gasteiger partial charge in [0.15, 0.2) is 11.6 Å². The highest BCUT2D eigenvalue weighted by Crippen LogP contribution is 2.73. The molecule has 5 rings (SSSR count). The number of carbonyl (C=O) groups is 2. The second kappa shape index (κ2) is 9.34. The fourth-order valence-electron chi connectivity index (χ4n) is 9.99. The summed E-state index contributed by atoms with van der Waals surface area (Å²) in [6.45, 7) is 23.6. The van der Waals surface area contributed by atoms with Gasteiger partial charge >= 0.3 is 0 Å². The maximum absolute atomic E-state index is 13.6.